The molecule has 5 heteroatoms. The van der Waals surface area contributed by atoms with Crippen LogP contribution < -0.4 is 11.1 Å². The summed E-state index contributed by atoms with van der Waals surface area (Å²) in [4.78, 5) is 0. The van der Waals surface area contributed by atoms with Crippen LogP contribution in [0.15, 0.2) is 18.2 Å². The number of nitrogens with one attached hydrogen (secondary N) is 1. The van der Waals surface area contributed by atoms with Crippen LogP contribution in [0.25, 0.3) is 0 Å². The number of anilines is 1. The van der Waals surface area contributed by atoms with Gasteiger partial charge in [0.2, 0.25) is 0 Å². The van der Waals surface area contributed by atoms with Gasteiger partial charge in [-0.2, -0.15) is 11.8 Å². The first-order chi connectivity index (χ1) is 8.03. The van der Waals surface area contributed by atoms with Crippen molar-refractivity contribution in [3.8, 4) is 0 Å². The van der Waals surface area contributed by atoms with Crippen molar-refractivity contribution >= 4 is 29.1 Å². The summed E-state index contributed by atoms with van der Waals surface area (Å²) in [6.07, 6.45) is 0.988. The van der Waals surface area contributed by atoms with E-state index in [0.717, 1.165) is 12.2 Å². The van der Waals surface area contributed by atoms with E-state index in [4.69, 9.17) is 17.3 Å². The Morgan fingerprint density at radius 3 is 2.88 bits per heavy atom. The monoisotopic (exact) mass is 274 g/mol. The Kier molecular flexibility index (Phi) is 3.85. The van der Waals surface area contributed by atoms with Gasteiger partial charge in [-0.15, -0.1) is 0 Å². The first kappa shape index (κ1) is 13.0. The maximum absolute atomic E-state index is 13.2. The SMILES string of the molecule is CC1CC(CN)(Nc2cc(F)cc(Cl)c2)CS1. The molecule has 17 heavy (non-hydrogen) atoms. The molecule has 1 heterocycles. The molecule has 0 amide bonds. The van der Waals surface area contributed by atoms with Crippen LogP contribution >= 0.6 is 23.4 Å². The molecule has 0 saturated carbocycles. The third-order valence-corrected chi connectivity index (χ3v) is 4.66. The normalized spacial score (nSPS) is 28.4. The van der Waals surface area contributed by atoms with Gasteiger partial charge in [0.15, 0.2) is 0 Å². The Balaban J connectivity index is 2.18. The molecule has 1 aliphatic heterocycles. The van der Waals surface area contributed by atoms with Crippen LogP contribution in [0.2, 0.25) is 5.02 Å². The van der Waals surface area contributed by atoms with Gasteiger partial charge in [0.05, 0.1) is 5.54 Å². The van der Waals surface area contributed by atoms with E-state index in [1.165, 1.54) is 12.1 Å². The number of thioether (sulfide) groups is 1. The largest absolute Gasteiger partial charge is 0.377 e. The molecule has 1 aromatic rings. The Morgan fingerprint density at radius 2 is 2.35 bits per heavy atom. The van der Waals surface area contributed by atoms with Crippen molar-refractivity contribution in [1.82, 2.24) is 0 Å². The van der Waals surface area contributed by atoms with Crippen LogP contribution in [-0.4, -0.2) is 23.1 Å². The molecule has 2 nitrogen and oxygen atoms in total. The third-order valence-electron chi connectivity index (χ3n) is 2.99. The molecule has 0 spiro atoms. The fourth-order valence-corrected chi connectivity index (χ4v) is 3.75. The van der Waals surface area contributed by atoms with Gasteiger partial charge in [-0.1, -0.05) is 18.5 Å². The number of nitrogens with two attached hydrogens (primary N) is 1. The van der Waals surface area contributed by atoms with Gasteiger partial charge in [0, 0.05) is 28.3 Å². The Morgan fingerprint density at radius 1 is 1.59 bits per heavy atom. The third kappa shape index (κ3) is 3.06. The molecule has 0 bridgehead atoms. The van der Waals surface area contributed by atoms with Crippen molar-refractivity contribution in [2.24, 2.45) is 5.73 Å². The maximum atomic E-state index is 13.2. The Hall–Kier alpha value is -0.450. The van der Waals surface area contributed by atoms with Crippen LogP contribution in [0.1, 0.15) is 13.3 Å². The zero-order chi connectivity index (χ0) is 12.5. The van der Waals surface area contributed by atoms with E-state index in [-0.39, 0.29) is 11.4 Å². The van der Waals surface area contributed by atoms with E-state index in [9.17, 15) is 4.39 Å². The number of hydrogen-bond donors (Lipinski definition) is 2. The molecule has 2 atom stereocenters. The molecule has 1 fully saturated rings. The second kappa shape index (κ2) is 5.04. The van der Waals surface area contributed by atoms with Crippen LogP contribution in [0.4, 0.5) is 10.1 Å². The molecular formula is C12H16ClFN2S. The van der Waals surface area contributed by atoms with Crippen molar-refractivity contribution < 1.29 is 4.39 Å². The Bertz CT molecular complexity index is 395. The molecule has 0 aromatic heterocycles. The highest BCUT2D eigenvalue weighted by molar-refractivity contribution is 8.00. The molecule has 2 rings (SSSR count). The molecule has 0 radical (unpaired) electrons. The molecule has 1 saturated heterocycles. The second-order valence-corrected chi connectivity index (χ2v) is 6.46. The molecule has 0 aliphatic carbocycles. The summed E-state index contributed by atoms with van der Waals surface area (Å²) in [6, 6.07) is 4.49. The summed E-state index contributed by atoms with van der Waals surface area (Å²) >= 11 is 7.72. The van der Waals surface area contributed by atoms with E-state index >= 15 is 0 Å². The molecule has 3 N–H and O–H groups in total. The minimum Gasteiger partial charge on any atom is -0.377 e. The summed E-state index contributed by atoms with van der Waals surface area (Å²) in [7, 11) is 0. The van der Waals surface area contributed by atoms with Gasteiger partial charge in [-0.3, -0.25) is 0 Å². The van der Waals surface area contributed by atoms with Gasteiger partial charge < -0.3 is 11.1 Å². The smallest absolute Gasteiger partial charge is 0.126 e. The lowest BCUT2D eigenvalue weighted by molar-refractivity contribution is 0.513. The molecule has 94 valence electrons. The van der Waals surface area contributed by atoms with Gasteiger partial charge in [-0.25, -0.2) is 4.39 Å². The van der Waals surface area contributed by atoms with Crippen molar-refractivity contribution in [2.75, 3.05) is 17.6 Å². The predicted octanol–water partition coefficient (Wildman–Crippen LogP) is 3.11. The number of halogens is 2. The van der Waals surface area contributed by atoms with Crippen molar-refractivity contribution in [2.45, 2.75) is 24.1 Å². The van der Waals surface area contributed by atoms with Crippen LogP contribution in [0.5, 0.6) is 0 Å². The minimum absolute atomic E-state index is 0.138. The molecule has 1 aromatic carbocycles. The van der Waals surface area contributed by atoms with E-state index in [1.54, 1.807) is 6.07 Å². The van der Waals surface area contributed by atoms with Gasteiger partial charge in [0.25, 0.3) is 0 Å². The number of hydrogen-bond acceptors (Lipinski definition) is 3. The first-order valence-corrected chi connectivity index (χ1v) is 7.02. The predicted molar refractivity (Wildman–Crippen MR) is 73.4 cm³/mol. The average molecular weight is 275 g/mol. The zero-order valence-corrected chi connectivity index (χ0v) is 11.2. The molecule has 1 aliphatic rings. The van der Waals surface area contributed by atoms with Gasteiger partial charge in [0.1, 0.15) is 5.82 Å². The lowest BCUT2D eigenvalue weighted by atomic mass is 9.96. The van der Waals surface area contributed by atoms with Crippen molar-refractivity contribution in [3.05, 3.63) is 29.0 Å². The van der Waals surface area contributed by atoms with E-state index in [1.807, 2.05) is 11.8 Å². The standard InChI is InChI=1S/C12H16ClFN2S/c1-8-5-12(6-15,7-17-8)16-11-3-9(13)2-10(14)4-11/h2-4,8,16H,5-7,15H2,1H3. The molecular weight excluding hydrogens is 259 g/mol. The summed E-state index contributed by atoms with van der Waals surface area (Å²) in [5.74, 6) is 0.615. The van der Waals surface area contributed by atoms with Crippen molar-refractivity contribution in [3.63, 3.8) is 0 Å². The van der Waals surface area contributed by atoms with Crippen LogP contribution in [0.3, 0.4) is 0 Å². The van der Waals surface area contributed by atoms with Crippen molar-refractivity contribution in [1.29, 1.82) is 0 Å². The topological polar surface area (TPSA) is 38.0 Å². The zero-order valence-electron chi connectivity index (χ0n) is 9.67. The second-order valence-electron chi connectivity index (χ2n) is 4.59. The number of benzene rings is 1. The average Bonchev–Trinajstić information content (AvgIpc) is 2.59. The van der Waals surface area contributed by atoms with Gasteiger partial charge in [-0.05, 0) is 24.6 Å². The number of rotatable bonds is 3. The first-order valence-electron chi connectivity index (χ1n) is 5.59. The highest BCUT2D eigenvalue weighted by atomic mass is 35.5. The minimum atomic E-state index is -0.328. The summed E-state index contributed by atoms with van der Waals surface area (Å²) in [6.45, 7) is 2.72. The lowest BCUT2D eigenvalue weighted by Crippen LogP contribution is -2.46. The maximum Gasteiger partial charge on any atom is 0.126 e. The lowest BCUT2D eigenvalue weighted by Gasteiger charge is -2.29. The highest BCUT2D eigenvalue weighted by Crippen LogP contribution is 2.36. The van der Waals surface area contributed by atoms with Gasteiger partial charge >= 0.3 is 0 Å². The quantitative estimate of drug-likeness (QED) is 0.889. The van der Waals surface area contributed by atoms with Crippen LogP contribution in [-0.2, 0) is 0 Å². The summed E-state index contributed by atoms with van der Waals surface area (Å²) in [5, 5.41) is 4.33. The fraction of sp³-hybridized carbons (Fsp3) is 0.500. The molecule has 2 unspecified atom stereocenters. The van der Waals surface area contributed by atoms with E-state index in [2.05, 4.69) is 12.2 Å². The summed E-state index contributed by atoms with van der Waals surface area (Å²) in [5.41, 5.74) is 6.42. The van der Waals surface area contributed by atoms with E-state index < -0.39 is 0 Å². The Labute approximate surface area is 110 Å². The fourth-order valence-electron chi connectivity index (χ4n) is 2.18. The summed E-state index contributed by atoms with van der Waals surface area (Å²) < 4.78 is 13.2. The highest BCUT2D eigenvalue weighted by Gasteiger charge is 2.36. The van der Waals surface area contributed by atoms with Crippen LogP contribution in [0, 0.1) is 5.82 Å². The van der Waals surface area contributed by atoms with E-state index in [0.29, 0.717) is 22.5 Å².